The number of nitrogens with two attached hydrogens (primary N) is 1. The highest BCUT2D eigenvalue weighted by Crippen LogP contribution is 2.42. The van der Waals surface area contributed by atoms with Gasteiger partial charge < -0.3 is 25.6 Å². The van der Waals surface area contributed by atoms with E-state index in [-0.39, 0.29) is 23.9 Å². The molecule has 1 fully saturated rings. The Balaban J connectivity index is 0.000000507. The number of pyridine rings is 1. The molecule has 0 spiro atoms. The first-order valence-corrected chi connectivity index (χ1v) is 16.2. The van der Waals surface area contributed by atoms with E-state index in [0.29, 0.717) is 61.8 Å². The summed E-state index contributed by atoms with van der Waals surface area (Å²) in [4.78, 5) is 38.6. The van der Waals surface area contributed by atoms with E-state index in [9.17, 15) is 9.59 Å². The molecule has 4 N–H and O–H groups in total. The van der Waals surface area contributed by atoms with E-state index in [1.54, 1.807) is 25.4 Å². The van der Waals surface area contributed by atoms with E-state index in [4.69, 9.17) is 43.5 Å². The van der Waals surface area contributed by atoms with Crippen LogP contribution in [-0.2, 0) is 25.4 Å². The molecule has 254 valence electrons. The lowest BCUT2D eigenvalue weighted by Crippen LogP contribution is -2.37. The van der Waals surface area contributed by atoms with Gasteiger partial charge in [-0.15, -0.1) is 0 Å². The van der Waals surface area contributed by atoms with Gasteiger partial charge in [-0.25, -0.2) is 14.8 Å². The van der Waals surface area contributed by atoms with Crippen LogP contribution in [-0.4, -0.2) is 55.6 Å². The van der Waals surface area contributed by atoms with Crippen LogP contribution in [0.15, 0.2) is 64.4 Å². The maximum absolute atomic E-state index is 13.0. The highest BCUT2D eigenvalue weighted by molar-refractivity contribution is 6.39. The number of methoxy groups -OCH3 is 1. The lowest BCUT2D eigenvalue weighted by Gasteiger charge is -2.16. The summed E-state index contributed by atoms with van der Waals surface area (Å²) in [5.41, 5.74) is 8.77. The van der Waals surface area contributed by atoms with Gasteiger partial charge in [0.25, 0.3) is 5.56 Å². The molecule has 0 radical (unpaired) electrons. The van der Waals surface area contributed by atoms with E-state index in [1.807, 2.05) is 44.2 Å². The summed E-state index contributed by atoms with van der Waals surface area (Å²) in [6.07, 6.45) is 4.86. The van der Waals surface area contributed by atoms with Gasteiger partial charge in [0.05, 0.1) is 53.0 Å². The predicted molar refractivity (Wildman–Crippen MR) is 190 cm³/mol. The summed E-state index contributed by atoms with van der Waals surface area (Å²) < 4.78 is 12.7. The maximum Gasteiger partial charge on any atom is 0.330 e. The van der Waals surface area contributed by atoms with Gasteiger partial charge in [-0.05, 0) is 25.0 Å². The fourth-order valence-electron chi connectivity index (χ4n) is 5.08. The van der Waals surface area contributed by atoms with Crippen molar-refractivity contribution in [2.45, 2.75) is 39.3 Å². The maximum atomic E-state index is 13.0. The molecule has 1 atom stereocenters. The van der Waals surface area contributed by atoms with E-state index in [2.05, 4.69) is 20.3 Å². The fourth-order valence-corrected chi connectivity index (χ4v) is 5.67. The van der Waals surface area contributed by atoms with Crippen molar-refractivity contribution in [1.82, 2.24) is 24.1 Å². The Morgan fingerprint density at radius 3 is 2.33 bits per heavy atom. The molecule has 4 heterocycles. The first kappa shape index (κ1) is 36.5. The normalized spacial score (nSPS) is 14.0. The highest BCUT2D eigenvalue weighted by atomic mass is 35.5. The molecular weight excluding hydrogens is 657 g/mol. The van der Waals surface area contributed by atoms with Crippen LogP contribution in [0.4, 0.5) is 11.5 Å². The second-order valence-corrected chi connectivity index (χ2v) is 11.3. The Kier molecular flexibility index (Phi) is 12.7. The molecular formula is C34H39Cl2N7O5. The van der Waals surface area contributed by atoms with Gasteiger partial charge in [-0.1, -0.05) is 67.4 Å². The van der Waals surface area contributed by atoms with E-state index in [0.717, 1.165) is 24.0 Å². The minimum atomic E-state index is -0.469. The molecule has 5 aromatic rings. The van der Waals surface area contributed by atoms with Gasteiger partial charge in [0.2, 0.25) is 5.88 Å². The summed E-state index contributed by atoms with van der Waals surface area (Å²) >= 11 is 13.8. The second-order valence-electron chi connectivity index (χ2n) is 10.5. The van der Waals surface area contributed by atoms with Gasteiger partial charge in [0.1, 0.15) is 16.9 Å². The molecule has 3 aromatic heterocycles. The van der Waals surface area contributed by atoms with Crippen molar-refractivity contribution in [2.24, 2.45) is 19.8 Å². The quantitative estimate of drug-likeness (QED) is 0.208. The zero-order chi connectivity index (χ0) is 35.0. The Labute approximate surface area is 288 Å². The molecule has 6 rings (SSSR count). The zero-order valence-corrected chi connectivity index (χ0v) is 29.0. The van der Waals surface area contributed by atoms with Crippen molar-refractivity contribution < 1.29 is 14.6 Å². The Hall–Kier alpha value is -4.33. The van der Waals surface area contributed by atoms with Gasteiger partial charge in [0.15, 0.2) is 0 Å². The number of aromatic nitrogens is 5. The van der Waals surface area contributed by atoms with E-state index < -0.39 is 11.2 Å². The van der Waals surface area contributed by atoms with Crippen molar-refractivity contribution in [3.63, 3.8) is 0 Å². The molecule has 0 amide bonds. The molecule has 0 saturated carbocycles. The third kappa shape index (κ3) is 7.69. The third-order valence-corrected chi connectivity index (χ3v) is 8.35. The molecule has 2 aromatic carbocycles. The van der Waals surface area contributed by atoms with Crippen molar-refractivity contribution in [1.29, 1.82) is 0 Å². The predicted octanol–water partition coefficient (Wildman–Crippen LogP) is 5.46. The standard InChI is InChI=1S/C27H23Cl2N7O3.C5H10O2.C2H6/c1-35-20-10-11-31-24(21(20)26(37)36(2)27(35)38)33-17-9-5-7-15(23(17)29)14-6-4-8-16(22(14)28)19-13-32-18(12-30)25(34-19)39-3;6-5-2-1-3-7-4-5;1-2/h4-11,13H,12,30H2,1-3H3,(H,31,33);5-6H,1-4H2;1-2H3. The van der Waals surface area contributed by atoms with Crippen LogP contribution in [0.2, 0.25) is 10.0 Å². The van der Waals surface area contributed by atoms with Crippen LogP contribution in [0.1, 0.15) is 32.4 Å². The molecule has 1 aliphatic heterocycles. The largest absolute Gasteiger partial charge is 0.480 e. The lowest BCUT2D eigenvalue weighted by molar-refractivity contribution is -0.00535. The van der Waals surface area contributed by atoms with Crippen molar-refractivity contribution in [3.05, 3.63) is 91.4 Å². The van der Waals surface area contributed by atoms with Crippen molar-refractivity contribution in [3.8, 4) is 28.3 Å². The minimum Gasteiger partial charge on any atom is -0.480 e. The topological polar surface area (TPSA) is 159 Å². The summed E-state index contributed by atoms with van der Waals surface area (Å²) in [6, 6.07) is 12.5. The summed E-state index contributed by atoms with van der Waals surface area (Å²) in [7, 11) is 4.52. The molecule has 14 heteroatoms. The number of benzene rings is 2. The molecule has 1 unspecified atom stereocenters. The average Bonchev–Trinajstić information content (AvgIpc) is 3.12. The Morgan fingerprint density at radius 1 is 1.02 bits per heavy atom. The molecule has 0 aliphatic carbocycles. The molecule has 1 aliphatic rings. The fraction of sp³-hybridized carbons (Fsp3) is 0.324. The summed E-state index contributed by atoms with van der Waals surface area (Å²) in [6.45, 7) is 5.56. The van der Waals surface area contributed by atoms with Crippen molar-refractivity contribution >= 4 is 45.6 Å². The number of aryl methyl sites for hydroxylation is 1. The Bertz CT molecular complexity index is 2010. The number of anilines is 2. The number of hydrogen-bond donors (Lipinski definition) is 3. The highest BCUT2D eigenvalue weighted by Gasteiger charge is 2.19. The average molecular weight is 697 g/mol. The summed E-state index contributed by atoms with van der Waals surface area (Å²) in [5, 5.41) is 13.0. The minimum absolute atomic E-state index is 0.186. The molecule has 1 saturated heterocycles. The number of halogens is 2. The number of aliphatic hydroxyl groups is 1. The number of rotatable bonds is 6. The van der Waals surface area contributed by atoms with E-state index in [1.165, 1.54) is 24.9 Å². The third-order valence-electron chi connectivity index (χ3n) is 7.53. The SMILES string of the molecule is CC.COc1nc(-c2cccc(-c3cccc(Nc4nccc5c4c(=O)n(C)c(=O)n5C)c3Cl)c2Cl)cnc1CN.OC1CCCOC1. The number of nitrogens with one attached hydrogen (secondary N) is 1. The van der Waals surface area contributed by atoms with Crippen LogP contribution in [0.25, 0.3) is 33.3 Å². The summed E-state index contributed by atoms with van der Waals surface area (Å²) in [5.74, 6) is 0.594. The number of ether oxygens (including phenoxy) is 2. The first-order chi connectivity index (χ1) is 23.2. The number of hydrogen-bond acceptors (Lipinski definition) is 10. The van der Waals surface area contributed by atoms with Gasteiger partial charge in [-0.2, -0.15) is 0 Å². The van der Waals surface area contributed by atoms with Crippen LogP contribution in [0, 0.1) is 0 Å². The molecule has 0 bridgehead atoms. The van der Waals surface area contributed by atoms with Crippen LogP contribution in [0.3, 0.4) is 0 Å². The zero-order valence-electron chi connectivity index (χ0n) is 27.5. The second kappa shape index (κ2) is 16.7. The van der Waals surface area contributed by atoms with Crippen LogP contribution < -0.4 is 27.0 Å². The van der Waals surface area contributed by atoms with E-state index >= 15 is 0 Å². The van der Waals surface area contributed by atoms with Crippen LogP contribution in [0.5, 0.6) is 5.88 Å². The lowest BCUT2D eigenvalue weighted by atomic mass is 10.0. The first-order valence-electron chi connectivity index (χ1n) is 15.4. The number of aliphatic hydroxyl groups excluding tert-OH is 1. The molecule has 48 heavy (non-hydrogen) atoms. The monoisotopic (exact) mass is 695 g/mol. The number of fused-ring (bicyclic) bond motifs is 1. The van der Waals surface area contributed by atoms with Gasteiger partial charge >= 0.3 is 5.69 Å². The smallest absolute Gasteiger partial charge is 0.330 e. The van der Waals surface area contributed by atoms with Crippen molar-refractivity contribution in [2.75, 3.05) is 25.6 Å². The van der Waals surface area contributed by atoms with Crippen LogP contribution >= 0.6 is 23.2 Å². The number of nitrogens with zero attached hydrogens (tertiary/aromatic N) is 5. The molecule has 12 nitrogen and oxygen atoms in total. The van der Waals surface area contributed by atoms with Gasteiger partial charge in [0, 0.05) is 50.1 Å². The Morgan fingerprint density at radius 2 is 1.71 bits per heavy atom. The van der Waals surface area contributed by atoms with Gasteiger partial charge in [-0.3, -0.25) is 18.9 Å².